The number of hydrogen-bond acceptors (Lipinski definition) is 2. The normalized spacial score (nSPS) is 10.7. The molecule has 13 heavy (non-hydrogen) atoms. The smallest absolute Gasteiger partial charge is 0.282 e. The fourth-order valence-corrected chi connectivity index (χ4v) is 1.93. The molecule has 1 aromatic carbocycles. The zero-order valence-corrected chi connectivity index (χ0v) is 11.9. The average molecular weight is 342 g/mol. The van der Waals surface area contributed by atoms with Crippen molar-refractivity contribution in [2.24, 2.45) is 0 Å². The molecule has 0 saturated carbocycles. The minimum absolute atomic E-state index is 0. The fraction of sp³-hybridized carbons (Fsp3) is 0. The van der Waals surface area contributed by atoms with E-state index in [2.05, 4.69) is 0 Å². The van der Waals surface area contributed by atoms with Gasteiger partial charge in [-0.15, -0.1) is 0 Å². The molecule has 0 aliphatic heterocycles. The van der Waals surface area contributed by atoms with Crippen LogP contribution in [-0.2, 0) is 10.1 Å². The van der Waals surface area contributed by atoms with Crippen molar-refractivity contribution >= 4 is 59.2 Å². The van der Waals surface area contributed by atoms with Crippen molar-refractivity contribution in [2.45, 2.75) is 4.90 Å². The number of halogens is 2. The molecule has 3 nitrogen and oxygen atoms in total. The van der Waals surface area contributed by atoms with Crippen molar-refractivity contribution in [3.8, 4) is 0 Å². The van der Waals surface area contributed by atoms with E-state index in [0.717, 1.165) is 6.07 Å². The van der Waals surface area contributed by atoms with Crippen LogP contribution >= 0.6 is 23.2 Å². The average Bonchev–Trinajstić information content (AvgIpc) is 1.83. The van der Waals surface area contributed by atoms with Crippen LogP contribution in [0.5, 0.6) is 0 Å². The van der Waals surface area contributed by atoms with Gasteiger partial charge >= 0.3 is 0 Å². The van der Waals surface area contributed by atoms with Gasteiger partial charge in [-0.1, -0.05) is 23.2 Å². The summed E-state index contributed by atoms with van der Waals surface area (Å²) in [6.45, 7) is 0. The second-order valence-corrected chi connectivity index (χ2v) is 4.28. The third-order valence-electron chi connectivity index (χ3n) is 1.17. The Labute approximate surface area is 105 Å². The van der Waals surface area contributed by atoms with E-state index >= 15 is 0 Å². The van der Waals surface area contributed by atoms with Gasteiger partial charge in [0.15, 0.2) is 0 Å². The van der Waals surface area contributed by atoms with E-state index in [9.17, 15) is 8.42 Å². The first-order valence-electron chi connectivity index (χ1n) is 2.84. The van der Waals surface area contributed by atoms with Gasteiger partial charge in [0.2, 0.25) is 0 Å². The third kappa shape index (κ3) is 3.67. The number of benzene rings is 1. The molecule has 0 atom stereocenters. The first-order valence-corrected chi connectivity index (χ1v) is 5.03. The van der Waals surface area contributed by atoms with Crippen molar-refractivity contribution in [2.75, 3.05) is 0 Å². The molecule has 0 aliphatic carbocycles. The monoisotopic (exact) mass is 341 g/mol. The van der Waals surface area contributed by atoms with E-state index in [1.165, 1.54) is 12.1 Å². The second-order valence-electron chi connectivity index (χ2n) is 2.05. The summed E-state index contributed by atoms with van der Waals surface area (Å²) in [6.07, 6.45) is 0. The maximum Gasteiger partial charge on any atom is 0.296 e. The largest absolute Gasteiger partial charge is 0.296 e. The van der Waals surface area contributed by atoms with Crippen LogP contribution in [0.15, 0.2) is 23.1 Å². The summed E-state index contributed by atoms with van der Waals surface area (Å²) >= 11 is 11.0. The van der Waals surface area contributed by atoms with Gasteiger partial charge in [0, 0.05) is 30.9 Å². The standard InChI is InChI=1S/C6H4Cl2O3S.In/c7-4-1-2-6(5(8)3-4)12(9,10)11;/h1-3H,(H,9,10,11);. The zero-order valence-electron chi connectivity index (χ0n) is 6.24. The van der Waals surface area contributed by atoms with Gasteiger partial charge in [0.1, 0.15) is 4.90 Å². The molecule has 69 valence electrons. The Morgan fingerprint density at radius 2 is 1.77 bits per heavy atom. The third-order valence-corrected chi connectivity index (χ3v) is 2.74. The summed E-state index contributed by atoms with van der Waals surface area (Å²) in [4.78, 5) is -0.339. The SMILES string of the molecule is O=S(=O)(O)c1ccc(Cl)cc1Cl.[In]. The van der Waals surface area contributed by atoms with Gasteiger partial charge < -0.3 is 0 Å². The molecule has 1 rings (SSSR count). The van der Waals surface area contributed by atoms with E-state index in [-0.39, 0.29) is 35.8 Å². The van der Waals surface area contributed by atoms with E-state index in [4.69, 9.17) is 27.8 Å². The predicted octanol–water partition coefficient (Wildman–Crippen LogP) is 1.86. The first-order chi connectivity index (χ1) is 5.41. The van der Waals surface area contributed by atoms with Crippen molar-refractivity contribution in [1.82, 2.24) is 0 Å². The summed E-state index contributed by atoms with van der Waals surface area (Å²) in [5.41, 5.74) is 0. The topological polar surface area (TPSA) is 54.4 Å². The Kier molecular flexibility index (Phi) is 5.10. The van der Waals surface area contributed by atoms with Crippen LogP contribution in [0.25, 0.3) is 0 Å². The molecule has 1 aromatic rings. The van der Waals surface area contributed by atoms with E-state index in [1.54, 1.807) is 0 Å². The first kappa shape index (κ1) is 13.6. The molecule has 0 aromatic heterocycles. The summed E-state index contributed by atoms with van der Waals surface area (Å²) < 4.78 is 29.8. The molecule has 0 aliphatic rings. The van der Waals surface area contributed by atoms with Gasteiger partial charge in [0.05, 0.1) is 5.02 Å². The summed E-state index contributed by atoms with van der Waals surface area (Å²) in [5.74, 6) is 0. The fourth-order valence-electron chi connectivity index (χ4n) is 0.684. The molecule has 1 N–H and O–H groups in total. The Balaban J connectivity index is 0.00000144. The summed E-state index contributed by atoms with van der Waals surface area (Å²) in [7, 11) is -4.24. The summed E-state index contributed by atoms with van der Waals surface area (Å²) in [6, 6.07) is 3.71. The van der Waals surface area contributed by atoms with Crippen LogP contribution in [0.3, 0.4) is 0 Å². The second kappa shape index (κ2) is 4.89. The number of rotatable bonds is 1. The van der Waals surface area contributed by atoms with Gasteiger partial charge in [0.25, 0.3) is 10.1 Å². The molecular weight excluding hydrogens is 338 g/mol. The van der Waals surface area contributed by atoms with Crippen LogP contribution in [0.4, 0.5) is 0 Å². The van der Waals surface area contributed by atoms with Gasteiger partial charge in [-0.2, -0.15) is 8.42 Å². The Morgan fingerprint density at radius 3 is 2.15 bits per heavy atom. The van der Waals surface area contributed by atoms with Gasteiger partial charge in [-0.3, -0.25) is 4.55 Å². The minimum Gasteiger partial charge on any atom is -0.282 e. The Bertz CT molecular complexity index is 404. The maximum absolute atomic E-state index is 10.6. The summed E-state index contributed by atoms with van der Waals surface area (Å²) in [5, 5.41) is 0.220. The van der Waals surface area contributed by atoms with Crippen molar-refractivity contribution < 1.29 is 13.0 Å². The molecule has 0 heterocycles. The maximum atomic E-state index is 10.6. The van der Waals surface area contributed by atoms with Crippen molar-refractivity contribution in [3.63, 3.8) is 0 Å². The predicted molar refractivity (Wildman–Crippen MR) is 52.0 cm³/mol. The van der Waals surface area contributed by atoms with Crippen LogP contribution in [0, 0.1) is 0 Å². The number of hydrogen-bond donors (Lipinski definition) is 1. The molecule has 3 radical (unpaired) electrons. The van der Waals surface area contributed by atoms with E-state index < -0.39 is 10.1 Å². The molecule has 0 amide bonds. The molecule has 0 spiro atoms. The molecule has 0 saturated heterocycles. The molecular formula is C6H4Cl2InO3S. The Hall–Kier alpha value is 0.580. The van der Waals surface area contributed by atoms with E-state index in [0.29, 0.717) is 5.02 Å². The van der Waals surface area contributed by atoms with Gasteiger partial charge in [-0.05, 0) is 18.2 Å². The van der Waals surface area contributed by atoms with Crippen LogP contribution in [-0.4, -0.2) is 38.8 Å². The van der Waals surface area contributed by atoms with Gasteiger partial charge in [-0.25, -0.2) is 0 Å². The quantitative estimate of drug-likeness (QED) is 0.793. The van der Waals surface area contributed by atoms with Crippen LogP contribution in [0.2, 0.25) is 10.0 Å². The molecule has 0 bridgehead atoms. The van der Waals surface area contributed by atoms with Crippen LogP contribution < -0.4 is 0 Å². The molecule has 0 unspecified atom stereocenters. The molecule has 0 fully saturated rings. The van der Waals surface area contributed by atoms with Crippen LogP contribution in [0.1, 0.15) is 0 Å². The van der Waals surface area contributed by atoms with Crippen molar-refractivity contribution in [3.05, 3.63) is 28.2 Å². The van der Waals surface area contributed by atoms with Crippen molar-refractivity contribution in [1.29, 1.82) is 0 Å². The minimum atomic E-state index is -4.24. The molecule has 7 heteroatoms. The zero-order chi connectivity index (χ0) is 9.35. The Morgan fingerprint density at radius 1 is 1.23 bits per heavy atom. The van der Waals surface area contributed by atoms with E-state index in [1.807, 2.05) is 0 Å².